The summed E-state index contributed by atoms with van der Waals surface area (Å²) in [6.45, 7) is 0. The maximum absolute atomic E-state index is 11.1. The van der Waals surface area contributed by atoms with Crippen LogP contribution in [-0.2, 0) is 10.0 Å². The molecule has 0 bridgehead atoms. The number of carbonyl (C=O) groups is 1. The van der Waals surface area contributed by atoms with Crippen molar-refractivity contribution in [1.82, 2.24) is 0 Å². The average molecular weight is 315 g/mol. The highest BCUT2D eigenvalue weighted by Gasteiger charge is 2.20. The Morgan fingerprint density at radius 2 is 2.00 bits per heavy atom. The molecule has 0 aliphatic carbocycles. The number of halogens is 2. The molecule has 0 aliphatic rings. The predicted molar refractivity (Wildman–Crippen MR) is 57.5 cm³/mol. The van der Waals surface area contributed by atoms with Crippen LogP contribution in [0.25, 0.3) is 0 Å². The van der Waals surface area contributed by atoms with Crippen molar-refractivity contribution in [2.45, 2.75) is 4.90 Å². The second-order valence-corrected chi connectivity index (χ2v) is 5.44. The van der Waals surface area contributed by atoms with Gasteiger partial charge in [0.15, 0.2) is 0 Å². The molecule has 15 heavy (non-hydrogen) atoms. The van der Waals surface area contributed by atoms with Crippen LogP contribution in [0.4, 0.5) is 0 Å². The maximum Gasteiger partial charge on any atom is 0.337 e. The number of primary sulfonamides is 1. The number of rotatable bonds is 2. The Labute approximate surface area is 99.0 Å². The van der Waals surface area contributed by atoms with E-state index in [-0.39, 0.29) is 10.0 Å². The van der Waals surface area contributed by atoms with Crippen LogP contribution in [0.15, 0.2) is 21.5 Å². The highest BCUT2D eigenvalue weighted by molar-refractivity contribution is 9.10. The van der Waals surface area contributed by atoms with E-state index in [2.05, 4.69) is 15.9 Å². The molecule has 1 rings (SSSR count). The third-order valence-electron chi connectivity index (χ3n) is 1.54. The molecule has 0 aromatic heterocycles. The maximum atomic E-state index is 11.1. The molecule has 82 valence electrons. The molecule has 3 N–H and O–H groups in total. The zero-order valence-corrected chi connectivity index (χ0v) is 10.2. The van der Waals surface area contributed by atoms with E-state index in [9.17, 15) is 13.2 Å². The first-order chi connectivity index (χ1) is 6.73. The summed E-state index contributed by atoms with van der Waals surface area (Å²) in [6.07, 6.45) is 0. The van der Waals surface area contributed by atoms with Gasteiger partial charge in [-0.3, -0.25) is 0 Å². The standard InChI is InChI=1S/C7H5BrClNO4S/c8-3-1-4(7(11)12)6(9)5(2-3)15(10,13)14/h1-2H,(H,11,12)(H2,10,13,14). The van der Waals surface area contributed by atoms with Gasteiger partial charge < -0.3 is 5.11 Å². The van der Waals surface area contributed by atoms with Crippen molar-refractivity contribution in [3.63, 3.8) is 0 Å². The zero-order valence-electron chi connectivity index (χ0n) is 7.07. The summed E-state index contributed by atoms with van der Waals surface area (Å²) < 4.78 is 22.4. The summed E-state index contributed by atoms with van der Waals surface area (Å²) in [5, 5.41) is 13.2. The molecule has 1 aromatic rings. The van der Waals surface area contributed by atoms with E-state index in [4.69, 9.17) is 21.8 Å². The quantitative estimate of drug-likeness (QED) is 0.863. The van der Waals surface area contributed by atoms with Crippen LogP contribution in [-0.4, -0.2) is 19.5 Å². The molecule has 0 aliphatic heterocycles. The average Bonchev–Trinajstić information content (AvgIpc) is 2.06. The molecule has 0 heterocycles. The lowest BCUT2D eigenvalue weighted by Crippen LogP contribution is -2.14. The van der Waals surface area contributed by atoms with Crippen LogP contribution in [0.1, 0.15) is 10.4 Å². The Balaban J connectivity index is 3.63. The van der Waals surface area contributed by atoms with Gasteiger partial charge in [0, 0.05) is 4.47 Å². The van der Waals surface area contributed by atoms with E-state index >= 15 is 0 Å². The van der Waals surface area contributed by atoms with Gasteiger partial charge in [0.1, 0.15) is 4.90 Å². The molecular formula is C7H5BrClNO4S. The normalized spacial score (nSPS) is 11.4. The summed E-state index contributed by atoms with van der Waals surface area (Å²) in [5.41, 5.74) is -0.324. The van der Waals surface area contributed by atoms with E-state index in [1.807, 2.05) is 0 Å². The molecule has 5 nitrogen and oxygen atoms in total. The number of benzene rings is 1. The Kier molecular flexibility index (Phi) is 3.39. The first kappa shape index (κ1) is 12.4. The van der Waals surface area contributed by atoms with Crippen LogP contribution in [0.5, 0.6) is 0 Å². The number of aromatic carboxylic acids is 1. The smallest absolute Gasteiger partial charge is 0.337 e. The minimum atomic E-state index is -4.04. The number of sulfonamides is 1. The second kappa shape index (κ2) is 4.09. The minimum absolute atomic E-state index is 0.272. The lowest BCUT2D eigenvalue weighted by Gasteiger charge is -2.05. The number of hydrogen-bond acceptors (Lipinski definition) is 3. The van der Waals surface area contributed by atoms with Crippen LogP contribution in [0.3, 0.4) is 0 Å². The summed E-state index contributed by atoms with van der Waals surface area (Å²) >= 11 is 8.57. The Bertz CT molecular complexity index is 528. The number of hydrogen-bond donors (Lipinski definition) is 2. The number of nitrogens with two attached hydrogens (primary N) is 1. The highest BCUT2D eigenvalue weighted by Crippen LogP contribution is 2.28. The third-order valence-corrected chi connectivity index (χ3v) is 3.45. The fourth-order valence-electron chi connectivity index (χ4n) is 0.927. The van der Waals surface area contributed by atoms with E-state index in [1.165, 1.54) is 6.07 Å². The lowest BCUT2D eigenvalue weighted by atomic mass is 10.2. The van der Waals surface area contributed by atoms with Crippen LogP contribution in [0, 0.1) is 0 Å². The summed E-state index contributed by atoms with van der Waals surface area (Å²) in [4.78, 5) is 10.3. The van der Waals surface area contributed by atoms with Crippen LogP contribution < -0.4 is 5.14 Å². The van der Waals surface area contributed by atoms with E-state index in [1.54, 1.807) is 0 Å². The van der Waals surface area contributed by atoms with Gasteiger partial charge in [0.2, 0.25) is 10.0 Å². The second-order valence-electron chi connectivity index (χ2n) is 2.62. The first-order valence-corrected chi connectivity index (χ1v) is 6.20. The molecule has 0 unspecified atom stereocenters. The summed E-state index contributed by atoms with van der Waals surface area (Å²) in [6, 6.07) is 2.34. The van der Waals surface area contributed by atoms with Crippen molar-refractivity contribution in [1.29, 1.82) is 0 Å². The fraction of sp³-hybridized carbons (Fsp3) is 0. The Hall–Kier alpha value is -0.630. The van der Waals surface area contributed by atoms with Crippen molar-refractivity contribution in [2.24, 2.45) is 5.14 Å². The largest absolute Gasteiger partial charge is 0.478 e. The highest BCUT2D eigenvalue weighted by atomic mass is 79.9. The molecule has 8 heteroatoms. The SMILES string of the molecule is NS(=O)(=O)c1cc(Br)cc(C(=O)O)c1Cl. The molecule has 0 fully saturated rings. The molecular weight excluding hydrogens is 310 g/mol. The van der Waals surface area contributed by atoms with Gasteiger partial charge in [0.05, 0.1) is 10.6 Å². The summed E-state index contributed by atoms with van der Waals surface area (Å²) in [5.74, 6) is -1.33. The lowest BCUT2D eigenvalue weighted by molar-refractivity contribution is 0.0696. The van der Waals surface area contributed by atoms with E-state index in [0.717, 1.165) is 6.07 Å². The summed E-state index contributed by atoms with van der Waals surface area (Å²) in [7, 11) is -4.04. The predicted octanol–water partition coefficient (Wildman–Crippen LogP) is 1.45. The van der Waals surface area contributed by atoms with Gasteiger partial charge in [-0.15, -0.1) is 0 Å². The van der Waals surface area contributed by atoms with E-state index < -0.39 is 25.9 Å². The minimum Gasteiger partial charge on any atom is -0.478 e. The molecule has 0 amide bonds. The Morgan fingerprint density at radius 3 is 2.40 bits per heavy atom. The molecule has 0 saturated carbocycles. The van der Waals surface area contributed by atoms with Crippen LogP contribution >= 0.6 is 27.5 Å². The van der Waals surface area contributed by atoms with Crippen molar-refractivity contribution < 1.29 is 18.3 Å². The van der Waals surface area contributed by atoms with Gasteiger partial charge in [0.25, 0.3) is 0 Å². The van der Waals surface area contributed by atoms with Crippen LogP contribution in [0.2, 0.25) is 5.02 Å². The van der Waals surface area contributed by atoms with Gasteiger partial charge in [-0.2, -0.15) is 0 Å². The Morgan fingerprint density at radius 1 is 1.47 bits per heavy atom. The number of carboxylic acids is 1. The topological polar surface area (TPSA) is 97.5 Å². The molecule has 0 atom stereocenters. The molecule has 0 spiro atoms. The van der Waals surface area contributed by atoms with Gasteiger partial charge >= 0.3 is 5.97 Å². The van der Waals surface area contributed by atoms with Gasteiger partial charge in [-0.25, -0.2) is 18.4 Å². The fourth-order valence-corrected chi connectivity index (χ4v) is 2.70. The number of carboxylic acid groups (broad SMARTS) is 1. The van der Waals surface area contributed by atoms with Crippen molar-refractivity contribution in [2.75, 3.05) is 0 Å². The van der Waals surface area contributed by atoms with Gasteiger partial charge in [-0.05, 0) is 12.1 Å². The van der Waals surface area contributed by atoms with Crippen molar-refractivity contribution in [3.8, 4) is 0 Å². The zero-order chi connectivity index (χ0) is 11.8. The molecule has 1 aromatic carbocycles. The third kappa shape index (κ3) is 2.69. The van der Waals surface area contributed by atoms with E-state index in [0.29, 0.717) is 0 Å². The van der Waals surface area contributed by atoms with Gasteiger partial charge in [-0.1, -0.05) is 27.5 Å². The monoisotopic (exact) mass is 313 g/mol. The van der Waals surface area contributed by atoms with Crippen molar-refractivity contribution in [3.05, 3.63) is 27.2 Å². The molecule has 0 radical (unpaired) electrons. The first-order valence-electron chi connectivity index (χ1n) is 3.48. The molecule has 0 saturated heterocycles. The van der Waals surface area contributed by atoms with Crippen molar-refractivity contribution >= 4 is 43.5 Å².